The average molecular weight is 555 g/mol. The van der Waals surface area contributed by atoms with Crippen molar-refractivity contribution in [3.63, 3.8) is 0 Å². The maximum atomic E-state index is 13.6. The van der Waals surface area contributed by atoms with E-state index in [9.17, 15) is 23.2 Å². The molecule has 2 saturated heterocycles. The highest BCUT2D eigenvalue weighted by Gasteiger charge is 2.42. The van der Waals surface area contributed by atoms with Gasteiger partial charge in [-0.2, -0.15) is 0 Å². The second kappa shape index (κ2) is 11.4. The summed E-state index contributed by atoms with van der Waals surface area (Å²) in [6.45, 7) is 7.65. The van der Waals surface area contributed by atoms with Crippen LogP contribution in [0.25, 0.3) is 0 Å². The topological polar surface area (TPSA) is 74.7 Å². The van der Waals surface area contributed by atoms with E-state index in [2.05, 4.69) is 10.2 Å². The van der Waals surface area contributed by atoms with Crippen LogP contribution in [0.15, 0.2) is 41.2 Å². The summed E-state index contributed by atoms with van der Waals surface area (Å²) in [4.78, 5) is 42.9. The van der Waals surface area contributed by atoms with Crippen LogP contribution >= 0.6 is 0 Å². The molecule has 1 aromatic carbocycles. The molecule has 1 aliphatic carbocycles. The van der Waals surface area contributed by atoms with Gasteiger partial charge in [0.25, 0.3) is 11.5 Å². The van der Waals surface area contributed by atoms with E-state index in [1.165, 1.54) is 10.6 Å². The third-order valence-corrected chi connectivity index (χ3v) is 9.33. The average Bonchev–Trinajstić information content (AvgIpc) is 3.49. The number of alkyl halides is 2. The van der Waals surface area contributed by atoms with Gasteiger partial charge in [0.05, 0.1) is 11.6 Å². The van der Waals surface area contributed by atoms with Crippen LogP contribution in [0.4, 0.5) is 8.78 Å². The molecule has 2 aliphatic heterocycles. The number of nitrogens with zero attached hydrogens (tertiary/aromatic N) is 3. The summed E-state index contributed by atoms with van der Waals surface area (Å²) in [5.74, 6) is -2.35. The van der Waals surface area contributed by atoms with Gasteiger partial charge in [-0.05, 0) is 56.1 Å². The molecule has 2 unspecified atom stereocenters. The number of carbonyl (C=O) groups is 2. The third-order valence-electron chi connectivity index (χ3n) is 9.33. The molecule has 1 N–H and O–H groups in total. The normalized spacial score (nSPS) is 23.7. The van der Waals surface area contributed by atoms with Crippen molar-refractivity contribution in [2.45, 2.75) is 57.9 Å². The first-order valence-corrected chi connectivity index (χ1v) is 14.4. The molecule has 216 valence electrons. The Bertz CT molecular complexity index is 1290. The van der Waals surface area contributed by atoms with Gasteiger partial charge in [0.1, 0.15) is 0 Å². The minimum atomic E-state index is -2.65. The Labute approximate surface area is 234 Å². The number of pyridine rings is 1. The van der Waals surface area contributed by atoms with E-state index in [0.29, 0.717) is 36.2 Å². The Morgan fingerprint density at radius 2 is 1.65 bits per heavy atom. The van der Waals surface area contributed by atoms with Crippen molar-refractivity contribution in [3.05, 3.63) is 69.1 Å². The number of aromatic nitrogens is 1. The van der Waals surface area contributed by atoms with Crippen molar-refractivity contribution >= 4 is 11.8 Å². The molecule has 2 aromatic rings. The SMILES string of the molecule is Cc1cc(=O)n(C)c(C)c1C(=O)N1CC2CN(CC[C@H](NC(=O)C3CCC(F)(F)CC3)c3ccccc3)CC2C1. The van der Waals surface area contributed by atoms with E-state index in [4.69, 9.17) is 0 Å². The smallest absolute Gasteiger partial charge is 0.255 e. The van der Waals surface area contributed by atoms with E-state index in [1.54, 1.807) is 7.05 Å². The Morgan fingerprint density at radius 3 is 2.27 bits per heavy atom. The van der Waals surface area contributed by atoms with E-state index >= 15 is 0 Å². The number of nitrogens with one attached hydrogen (secondary N) is 1. The monoisotopic (exact) mass is 554 g/mol. The van der Waals surface area contributed by atoms with Crippen LogP contribution in [-0.2, 0) is 11.8 Å². The molecule has 2 amide bonds. The maximum Gasteiger partial charge on any atom is 0.255 e. The second-order valence-electron chi connectivity index (χ2n) is 12.1. The Balaban J connectivity index is 1.17. The highest BCUT2D eigenvalue weighted by atomic mass is 19.3. The molecule has 3 heterocycles. The summed E-state index contributed by atoms with van der Waals surface area (Å²) >= 11 is 0. The number of carbonyl (C=O) groups excluding carboxylic acids is 2. The van der Waals surface area contributed by atoms with Crippen LogP contribution in [0.2, 0.25) is 0 Å². The summed E-state index contributed by atoms with van der Waals surface area (Å²) in [6.07, 6.45) is 0.737. The Kier molecular flexibility index (Phi) is 8.13. The lowest BCUT2D eigenvalue weighted by Crippen LogP contribution is -2.39. The summed E-state index contributed by atoms with van der Waals surface area (Å²) in [7, 11) is 1.70. The molecular weight excluding hydrogens is 514 g/mol. The molecule has 0 bridgehead atoms. The van der Waals surface area contributed by atoms with E-state index in [-0.39, 0.29) is 55.0 Å². The first-order chi connectivity index (χ1) is 19.0. The van der Waals surface area contributed by atoms with E-state index < -0.39 is 5.92 Å². The van der Waals surface area contributed by atoms with Gasteiger partial charge in [0, 0.05) is 70.3 Å². The van der Waals surface area contributed by atoms with E-state index in [1.807, 2.05) is 49.1 Å². The highest BCUT2D eigenvalue weighted by Crippen LogP contribution is 2.37. The molecule has 1 aromatic heterocycles. The van der Waals surface area contributed by atoms with Crippen molar-refractivity contribution in [1.82, 2.24) is 19.7 Å². The number of halogens is 2. The Hall–Kier alpha value is -3.07. The van der Waals surface area contributed by atoms with Gasteiger partial charge in [-0.1, -0.05) is 30.3 Å². The number of hydrogen-bond acceptors (Lipinski definition) is 4. The first-order valence-electron chi connectivity index (χ1n) is 14.4. The Morgan fingerprint density at radius 1 is 1.02 bits per heavy atom. The predicted octanol–water partition coefficient (Wildman–Crippen LogP) is 4.08. The van der Waals surface area contributed by atoms with Gasteiger partial charge in [-0.25, -0.2) is 8.78 Å². The van der Waals surface area contributed by atoms with Crippen LogP contribution in [-0.4, -0.2) is 64.8 Å². The van der Waals surface area contributed by atoms with Gasteiger partial charge in [-0.3, -0.25) is 14.4 Å². The number of fused-ring (bicyclic) bond motifs is 1. The lowest BCUT2D eigenvalue weighted by molar-refractivity contribution is -0.130. The summed E-state index contributed by atoms with van der Waals surface area (Å²) in [5, 5.41) is 3.18. The molecular formula is C31H40F2N4O3. The quantitative estimate of drug-likeness (QED) is 0.560. The van der Waals surface area contributed by atoms with Crippen LogP contribution in [0.3, 0.4) is 0 Å². The number of aryl methyl sites for hydroxylation is 1. The standard InChI is InChI=1S/C31H40F2N4O3/c1-20-15-27(38)35(3)21(2)28(20)30(40)37-18-24-16-36(17-25(24)19-37)14-11-26(22-7-5-4-6-8-22)34-29(39)23-9-12-31(32,33)13-10-23/h4-8,15,23-26H,9-14,16-19H2,1-3H3,(H,34,39)/t24?,25?,26-/m0/s1. The van der Waals surface area contributed by atoms with Crippen molar-refractivity contribution in [2.24, 2.45) is 24.8 Å². The summed E-state index contributed by atoms with van der Waals surface area (Å²) in [6, 6.07) is 11.2. The molecule has 7 nitrogen and oxygen atoms in total. The minimum Gasteiger partial charge on any atom is -0.349 e. The van der Waals surface area contributed by atoms with Gasteiger partial charge in [0.15, 0.2) is 0 Å². The largest absolute Gasteiger partial charge is 0.349 e. The van der Waals surface area contributed by atoms with Crippen molar-refractivity contribution in [1.29, 1.82) is 0 Å². The predicted molar refractivity (Wildman–Crippen MR) is 149 cm³/mol. The molecule has 0 spiro atoms. The third kappa shape index (κ3) is 5.99. The zero-order valence-corrected chi connectivity index (χ0v) is 23.7. The fraction of sp³-hybridized carbons (Fsp3) is 0.581. The first kappa shape index (κ1) is 28.5. The number of hydrogen-bond donors (Lipinski definition) is 1. The molecule has 9 heteroatoms. The number of benzene rings is 1. The van der Waals surface area contributed by atoms with Gasteiger partial charge in [-0.15, -0.1) is 0 Å². The zero-order valence-electron chi connectivity index (χ0n) is 23.7. The zero-order chi connectivity index (χ0) is 28.6. The van der Waals surface area contributed by atoms with Crippen LogP contribution in [0.1, 0.15) is 65.3 Å². The molecule has 0 radical (unpaired) electrons. The fourth-order valence-corrected chi connectivity index (χ4v) is 6.80. The van der Waals surface area contributed by atoms with Crippen LogP contribution < -0.4 is 10.9 Å². The molecule has 3 fully saturated rings. The maximum absolute atomic E-state index is 13.6. The van der Waals surface area contributed by atoms with Gasteiger partial charge in [0.2, 0.25) is 11.8 Å². The lowest BCUT2D eigenvalue weighted by Gasteiger charge is -2.30. The van der Waals surface area contributed by atoms with E-state index in [0.717, 1.165) is 37.2 Å². The van der Waals surface area contributed by atoms with Gasteiger partial charge >= 0.3 is 0 Å². The minimum absolute atomic E-state index is 0.00104. The molecule has 3 atom stereocenters. The molecule has 40 heavy (non-hydrogen) atoms. The lowest BCUT2D eigenvalue weighted by atomic mass is 9.86. The van der Waals surface area contributed by atoms with Crippen LogP contribution in [0, 0.1) is 31.6 Å². The number of likely N-dealkylation sites (tertiary alicyclic amines) is 2. The van der Waals surface area contributed by atoms with Crippen molar-refractivity contribution in [3.8, 4) is 0 Å². The van der Waals surface area contributed by atoms with Crippen molar-refractivity contribution < 1.29 is 18.4 Å². The number of amides is 2. The molecule has 1 saturated carbocycles. The molecule has 3 aliphatic rings. The second-order valence-corrected chi connectivity index (χ2v) is 12.1. The fourth-order valence-electron chi connectivity index (χ4n) is 6.80. The molecule has 5 rings (SSSR count). The van der Waals surface area contributed by atoms with Crippen LogP contribution in [0.5, 0.6) is 0 Å². The highest BCUT2D eigenvalue weighted by molar-refractivity contribution is 5.96. The van der Waals surface area contributed by atoms with Gasteiger partial charge < -0.3 is 19.7 Å². The summed E-state index contributed by atoms with van der Waals surface area (Å²) < 4.78 is 28.7. The van der Waals surface area contributed by atoms with Crippen molar-refractivity contribution in [2.75, 3.05) is 32.7 Å². The number of rotatable bonds is 7. The summed E-state index contributed by atoms with van der Waals surface area (Å²) in [5.41, 5.74) is 2.97.